The molecule has 1 N–H and O–H groups in total. The highest BCUT2D eigenvalue weighted by Gasteiger charge is 2.13. The molecule has 17 heavy (non-hydrogen) atoms. The van der Waals surface area contributed by atoms with Gasteiger partial charge >= 0.3 is 11.9 Å². The van der Waals surface area contributed by atoms with E-state index in [2.05, 4.69) is 4.74 Å². The summed E-state index contributed by atoms with van der Waals surface area (Å²) in [4.78, 5) is 21.9. The van der Waals surface area contributed by atoms with E-state index in [4.69, 9.17) is 5.11 Å². The van der Waals surface area contributed by atoms with Crippen LogP contribution in [0, 0.1) is 5.82 Å². The highest BCUT2D eigenvalue weighted by atomic mass is 19.1. The Hall–Kier alpha value is -2.17. The second-order valence-corrected chi connectivity index (χ2v) is 3.28. The Morgan fingerprint density at radius 1 is 1.35 bits per heavy atom. The molecule has 0 atom stereocenters. The molecule has 0 fully saturated rings. The van der Waals surface area contributed by atoms with Gasteiger partial charge in [-0.3, -0.25) is 4.79 Å². The van der Waals surface area contributed by atoms with Crippen LogP contribution in [0.4, 0.5) is 4.39 Å². The van der Waals surface area contributed by atoms with E-state index in [9.17, 15) is 14.0 Å². The van der Waals surface area contributed by atoms with E-state index in [1.54, 1.807) is 0 Å². The SMILES string of the molecule is COC(=O)/C(=C/c1ccc(F)cc1)CC(=O)O. The first-order valence-corrected chi connectivity index (χ1v) is 4.79. The van der Waals surface area contributed by atoms with Crippen molar-refractivity contribution in [2.75, 3.05) is 7.11 Å². The molecule has 1 rings (SSSR count). The van der Waals surface area contributed by atoms with Crippen LogP contribution in [0.3, 0.4) is 0 Å². The Morgan fingerprint density at radius 3 is 2.41 bits per heavy atom. The predicted octanol–water partition coefficient (Wildman–Crippen LogP) is 1.86. The summed E-state index contributed by atoms with van der Waals surface area (Å²) in [5.41, 5.74) is 0.541. The number of hydrogen-bond donors (Lipinski definition) is 1. The zero-order chi connectivity index (χ0) is 12.8. The van der Waals surface area contributed by atoms with Crippen LogP contribution < -0.4 is 0 Å². The fraction of sp³-hybridized carbons (Fsp3) is 0.167. The normalized spacial score (nSPS) is 11.1. The molecule has 0 aliphatic carbocycles. The number of halogens is 1. The molecule has 0 amide bonds. The third-order valence-corrected chi connectivity index (χ3v) is 2.00. The zero-order valence-corrected chi connectivity index (χ0v) is 9.14. The van der Waals surface area contributed by atoms with E-state index in [0.717, 1.165) is 0 Å². The van der Waals surface area contributed by atoms with Crippen molar-refractivity contribution in [2.45, 2.75) is 6.42 Å². The van der Waals surface area contributed by atoms with E-state index < -0.39 is 24.2 Å². The van der Waals surface area contributed by atoms with Crippen LogP contribution in [0.25, 0.3) is 6.08 Å². The van der Waals surface area contributed by atoms with Gasteiger partial charge in [-0.2, -0.15) is 0 Å². The maximum Gasteiger partial charge on any atom is 0.334 e. The van der Waals surface area contributed by atoms with Crippen molar-refractivity contribution in [3.05, 3.63) is 41.2 Å². The molecule has 4 nitrogen and oxygen atoms in total. The summed E-state index contributed by atoms with van der Waals surface area (Å²) in [5.74, 6) is -2.25. The molecule has 0 heterocycles. The number of methoxy groups -OCH3 is 1. The molecule has 90 valence electrons. The van der Waals surface area contributed by atoms with Gasteiger partial charge in [-0.05, 0) is 23.8 Å². The first kappa shape index (κ1) is 12.9. The Balaban J connectivity index is 3.00. The van der Waals surface area contributed by atoms with Gasteiger partial charge in [-0.25, -0.2) is 9.18 Å². The van der Waals surface area contributed by atoms with Crippen molar-refractivity contribution in [1.82, 2.24) is 0 Å². The number of carbonyl (C=O) groups excluding carboxylic acids is 1. The van der Waals surface area contributed by atoms with Crippen LogP contribution in [0.2, 0.25) is 0 Å². The fourth-order valence-electron chi connectivity index (χ4n) is 1.24. The molecule has 0 spiro atoms. The van der Waals surface area contributed by atoms with Gasteiger partial charge < -0.3 is 9.84 Å². The molecular formula is C12H11FO4. The molecule has 0 radical (unpaired) electrons. The number of aliphatic carboxylic acids is 1. The topological polar surface area (TPSA) is 63.6 Å². The third-order valence-electron chi connectivity index (χ3n) is 2.00. The lowest BCUT2D eigenvalue weighted by Crippen LogP contribution is -2.09. The molecule has 0 aliphatic heterocycles. The van der Waals surface area contributed by atoms with Gasteiger partial charge in [0.25, 0.3) is 0 Å². The van der Waals surface area contributed by atoms with Crippen LogP contribution in [0.1, 0.15) is 12.0 Å². The number of carboxylic acids is 1. The van der Waals surface area contributed by atoms with Gasteiger partial charge in [0, 0.05) is 5.57 Å². The lowest BCUT2D eigenvalue weighted by Gasteiger charge is -2.02. The largest absolute Gasteiger partial charge is 0.481 e. The maximum atomic E-state index is 12.7. The van der Waals surface area contributed by atoms with Crippen LogP contribution in [-0.2, 0) is 14.3 Å². The smallest absolute Gasteiger partial charge is 0.334 e. The Bertz CT molecular complexity index is 448. The number of benzene rings is 1. The molecule has 0 bridgehead atoms. The first-order valence-electron chi connectivity index (χ1n) is 4.79. The summed E-state index contributed by atoms with van der Waals surface area (Å²) in [6, 6.07) is 5.34. The zero-order valence-electron chi connectivity index (χ0n) is 9.14. The Labute approximate surface area is 97.3 Å². The lowest BCUT2D eigenvalue weighted by molar-refractivity contribution is -0.141. The predicted molar refractivity (Wildman–Crippen MR) is 58.6 cm³/mol. The molecule has 0 saturated heterocycles. The van der Waals surface area contributed by atoms with Gasteiger partial charge in [0.05, 0.1) is 13.5 Å². The molecular weight excluding hydrogens is 227 g/mol. The number of rotatable bonds is 4. The second-order valence-electron chi connectivity index (χ2n) is 3.28. The molecule has 5 heteroatoms. The molecule has 0 saturated carbocycles. The lowest BCUT2D eigenvalue weighted by atomic mass is 10.1. The minimum atomic E-state index is -1.14. The van der Waals surface area contributed by atoms with E-state index in [0.29, 0.717) is 5.56 Å². The van der Waals surface area contributed by atoms with Crippen molar-refractivity contribution in [3.63, 3.8) is 0 Å². The maximum absolute atomic E-state index is 12.7. The summed E-state index contributed by atoms with van der Waals surface area (Å²) in [7, 11) is 1.17. The van der Waals surface area contributed by atoms with Crippen molar-refractivity contribution in [3.8, 4) is 0 Å². The van der Waals surface area contributed by atoms with Crippen LogP contribution in [-0.4, -0.2) is 24.2 Å². The summed E-state index contributed by atoms with van der Waals surface area (Å²) < 4.78 is 17.1. The van der Waals surface area contributed by atoms with Gasteiger partial charge in [0.15, 0.2) is 0 Å². The standard InChI is InChI=1S/C12H11FO4/c1-17-12(16)9(7-11(14)15)6-8-2-4-10(13)5-3-8/h2-6H,7H2,1H3,(H,14,15)/b9-6+. The van der Waals surface area contributed by atoms with Crippen molar-refractivity contribution in [2.24, 2.45) is 0 Å². The molecule has 1 aromatic carbocycles. The van der Waals surface area contributed by atoms with Crippen LogP contribution in [0.5, 0.6) is 0 Å². The average Bonchev–Trinajstić information content (AvgIpc) is 2.29. The summed E-state index contributed by atoms with van der Waals surface area (Å²) in [6.07, 6.45) is 0.920. The number of carboxylic acid groups (broad SMARTS) is 1. The second kappa shape index (κ2) is 5.79. The minimum absolute atomic E-state index is 0.00612. The van der Waals surface area contributed by atoms with E-state index in [1.165, 1.54) is 37.5 Å². The van der Waals surface area contributed by atoms with E-state index >= 15 is 0 Å². The number of carbonyl (C=O) groups is 2. The third kappa shape index (κ3) is 4.06. The van der Waals surface area contributed by atoms with Crippen molar-refractivity contribution in [1.29, 1.82) is 0 Å². The first-order chi connectivity index (χ1) is 8.02. The average molecular weight is 238 g/mol. The number of esters is 1. The fourth-order valence-corrected chi connectivity index (χ4v) is 1.24. The molecule has 1 aromatic rings. The highest BCUT2D eigenvalue weighted by molar-refractivity contribution is 5.97. The van der Waals surface area contributed by atoms with Gasteiger partial charge in [0.1, 0.15) is 5.82 Å². The molecule has 0 unspecified atom stereocenters. The number of hydrogen-bond acceptors (Lipinski definition) is 3. The van der Waals surface area contributed by atoms with Crippen molar-refractivity contribution >= 4 is 18.0 Å². The van der Waals surface area contributed by atoms with Crippen molar-refractivity contribution < 1.29 is 23.8 Å². The molecule has 0 aromatic heterocycles. The Kier molecular flexibility index (Phi) is 4.39. The molecule has 0 aliphatic rings. The summed E-state index contributed by atoms with van der Waals surface area (Å²) in [6.45, 7) is 0. The van der Waals surface area contributed by atoms with E-state index in [-0.39, 0.29) is 5.57 Å². The van der Waals surface area contributed by atoms with Gasteiger partial charge in [-0.15, -0.1) is 0 Å². The minimum Gasteiger partial charge on any atom is -0.481 e. The summed E-state index contributed by atoms with van der Waals surface area (Å²) in [5, 5.41) is 8.64. The summed E-state index contributed by atoms with van der Waals surface area (Å²) >= 11 is 0. The Morgan fingerprint density at radius 2 is 1.94 bits per heavy atom. The van der Waals surface area contributed by atoms with Crippen LogP contribution in [0.15, 0.2) is 29.8 Å². The van der Waals surface area contributed by atoms with Gasteiger partial charge in [0.2, 0.25) is 0 Å². The van der Waals surface area contributed by atoms with Crippen LogP contribution >= 0.6 is 0 Å². The van der Waals surface area contributed by atoms with E-state index in [1.807, 2.05) is 0 Å². The monoisotopic (exact) mass is 238 g/mol. The highest BCUT2D eigenvalue weighted by Crippen LogP contribution is 2.12. The van der Waals surface area contributed by atoms with Gasteiger partial charge in [-0.1, -0.05) is 12.1 Å². The number of ether oxygens (including phenoxy) is 1. The quantitative estimate of drug-likeness (QED) is 0.642.